The molecule has 1 atom stereocenters. The molecule has 1 unspecified atom stereocenters. The van der Waals surface area contributed by atoms with Crippen LogP contribution in [0.15, 0.2) is 6.20 Å². The van der Waals surface area contributed by atoms with E-state index in [-0.39, 0.29) is 12.1 Å². The van der Waals surface area contributed by atoms with E-state index in [4.69, 9.17) is 17.4 Å². The van der Waals surface area contributed by atoms with Crippen LogP contribution in [0.1, 0.15) is 48.6 Å². The minimum Gasteiger partial charge on any atom is -0.272 e. The van der Waals surface area contributed by atoms with Crippen molar-refractivity contribution in [1.29, 1.82) is 0 Å². The lowest BCUT2D eigenvalue weighted by atomic mass is 10.0. The molecule has 0 bridgehead atoms. The Labute approximate surface area is 123 Å². The molecule has 2 rings (SSSR count). The summed E-state index contributed by atoms with van der Waals surface area (Å²) in [7, 11) is 1.92. The van der Waals surface area contributed by atoms with E-state index in [1.165, 1.54) is 0 Å². The Bertz CT molecular complexity index is 613. The van der Waals surface area contributed by atoms with Crippen molar-refractivity contribution in [3.8, 4) is 0 Å². The fourth-order valence-electron chi connectivity index (χ4n) is 2.54. The van der Waals surface area contributed by atoms with Crippen molar-refractivity contribution in [2.24, 2.45) is 12.9 Å². The monoisotopic (exact) mass is 296 g/mol. The van der Waals surface area contributed by atoms with Gasteiger partial charge in [0.2, 0.25) is 0 Å². The molecule has 110 valence electrons. The van der Waals surface area contributed by atoms with Gasteiger partial charge in [0.15, 0.2) is 0 Å². The predicted octanol–water partition coefficient (Wildman–Crippen LogP) is 2.02. The molecule has 0 aliphatic rings. The highest BCUT2D eigenvalue weighted by atomic mass is 35.5. The van der Waals surface area contributed by atoms with Gasteiger partial charge in [0.05, 0.1) is 28.6 Å². The van der Waals surface area contributed by atoms with Gasteiger partial charge in [-0.15, -0.1) is 0 Å². The number of aryl methyl sites for hydroxylation is 2. The van der Waals surface area contributed by atoms with Gasteiger partial charge < -0.3 is 0 Å². The molecule has 0 radical (unpaired) electrons. The molecule has 2 heterocycles. The molecular weight excluding hydrogens is 276 g/mol. The van der Waals surface area contributed by atoms with E-state index in [0.717, 1.165) is 22.6 Å². The summed E-state index contributed by atoms with van der Waals surface area (Å²) in [5.41, 5.74) is 6.74. The van der Waals surface area contributed by atoms with E-state index in [2.05, 4.69) is 29.5 Å². The highest BCUT2D eigenvalue weighted by Crippen LogP contribution is 2.32. The molecule has 0 aliphatic heterocycles. The minimum atomic E-state index is -0.235. The van der Waals surface area contributed by atoms with Crippen LogP contribution in [0, 0.1) is 13.8 Å². The average molecular weight is 297 g/mol. The lowest BCUT2D eigenvalue weighted by molar-refractivity contribution is 0.475. The normalized spacial score (nSPS) is 13.2. The standard InChI is InChI=1S/C13H21ClN6/c1-7(2)20-13(10(14)6-16-20)12(17-15)11-8(3)18-19(5)9(11)4/h6-7,12,17H,15H2,1-5H3. The van der Waals surface area contributed by atoms with Gasteiger partial charge >= 0.3 is 0 Å². The Morgan fingerprint density at radius 3 is 2.45 bits per heavy atom. The van der Waals surface area contributed by atoms with Crippen LogP contribution in [0.5, 0.6) is 0 Å². The van der Waals surface area contributed by atoms with Crippen LogP contribution < -0.4 is 11.3 Å². The van der Waals surface area contributed by atoms with Crippen LogP contribution in [0.2, 0.25) is 5.02 Å². The van der Waals surface area contributed by atoms with Crippen molar-refractivity contribution in [2.45, 2.75) is 39.8 Å². The van der Waals surface area contributed by atoms with Crippen LogP contribution in [-0.2, 0) is 7.05 Å². The van der Waals surface area contributed by atoms with Crippen LogP contribution >= 0.6 is 11.6 Å². The summed E-state index contributed by atoms with van der Waals surface area (Å²) in [6.45, 7) is 8.10. The van der Waals surface area contributed by atoms with Gasteiger partial charge in [-0.1, -0.05) is 11.6 Å². The summed E-state index contributed by atoms with van der Waals surface area (Å²) in [5.74, 6) is 5.79. The highest BCUT2D eigenvalue weighted by Gasteiger charge is 2.27. The van der Waals surface area contributed by atoms with Crippen LogP contribution in [0.25, 0.3) is 0 Å². The maximum Gasteiger partial charge on any atom is 0.0929 e. The third-order valence-electron chi connectivity index (χ3n) is 3.57. The molecule has 0 fully saturated rings. The minimum absolute atomic E-state index is 0.200. The van der Waals surface area contributed by atoms with Gasteiger partial charge in [-0.3, -0.25) is 15.2 Å². The fraction of sp³-hybridized carbons (Fsp3) is 0.538. The second kappa shape index (κ2) is 5.55. The van der Waals surface area contributed by atoms with Gasteiger partial charge in [0.25, 0.3) is 0 Å². The zero-order chi connectivity index (χ0) is 15.0. The number of aromatic nitrogens is 4. The predicted molar refractivity (Wildman–Crippen MR) is 79.5 cm³/mol. The Hall–Kier alpha value is -1.37. The lowest BCUT2D eigenvalue weighted by Crippen LogP contribution is -2.32. The molecular formula is C13H21ClN6. The Morgan fingerprint density at radius 2 is 2.00 bits per heavy atom. The topological polar surface area (TPSA) is 73.7 Å². The summed E-state index contributed by atoms with van der Waals surface area (Å²) in [6.07, 6.45) is 1.66. The summed E-state index contributed by atoms with van der Waals surface area (Å²) in [5, 5.41) is 9.38. The van der Waals surface area contributed by atoms with Crippen molar-refractivity contribution in [3.63, 3.8) is 0 Å². The molecule has 2 aromatic rings. The van der Waals surface area contributed by atoms with Gasteiger partial charge in [-0.25, -0.2) is 5.43 Å². The summed E-state index contributed by atoms with van der Waals surface area (Å²) >= 11 is 6.32. The van der Waals surface area contributed by atoms with E-state index in [1.54, 1.807) is 6.20 Å². The molecule has 6 nitrogen and oxygen atoms in total. The Balaban J connectivity index is 2.61. The molecule has 0 amide bonds. The van der Waals surface area contributed by atoms with Gasteiger partial charge in [-0.2, -0.15) is 10.2 Å². The molecule has 0 saturated carbocycles. The second-order valence-corrected chi connectivity index (χ2v) is 5.63. The van der Waals surface area contributed by atoms with Crippen molar-refractivity contribution in [3.05, 3.63) is 33.9 Å². The molecule has 20 heavy (non-hydrogen) atoms. The number of hydrazine groups is 1. The number of hydrogen-bond acceptors (Lipinski definition) is 4. The average Bonchev–Trinajstić information content (AvgIpc) is 2.86. The first-order valence-electron chi connectivity index (χ1n) is 6.57. The van der Waals surface area contributed by atoms with E-state index in [1.807, 2.05) is 30.3 Å². The fourth-order valence-corrected chi connectivity index (χ4v) is 2.78. The molecule has 0 aliphatic carbocycles. The van der Waals surface area contributed by atoms with E-state index >= 15 is 0 Å². The SMILES string of the molecule is Cc1nn(C)c(C)c1C(NN)c1c(Cl)cnn1C(C)C. The van der Waals surface area contributed by atoms with Crippen molar-refractivity contribution in [2.75, 3.05) is 0 Å². The zero-order valence-corrected chi connectivity index (χ0v) is 13.2. The van der Waals surface area contributed by atoms with Crippen LogP contribution in [-0.4, -0.2) is 19.6 Å². The van der Waals surface area contributed by atoms with Crippen LogP contribution in [0.3, 0.4) is 0 Å². The number of halogens is 1. The molecule has 0 spiro atoms. The number of nitrogens with one attached hydrogen (secondary N) is 1. The van der Waals surface area contributed by atoms with Gasteiger partial charge in [0.1, 0.15) is 0 Å². The molecule has 7 heteroatoms. The van der Waals surface area contributed by atoms with E-state index in [0.29, 0.717) is 5.02 Å². The molecule has 3 N–H and O–H groups in total. The Kier molecular flexibility index (Phi) is 4.17. The summed E-state index contributed by atoms with van der Waals surface area (Å²) in [4.78, 5) is 0. The Morgan fingerprint density at radius 1 is 1.35 bits per heavy atom. The quantitative estimate of drug-likeness (QED) is 0.669. The van der Waals surface area contributed by atoms with E-state index in [9.17, 15) is 0 Å². The van der Waals surface area contributed by atoms with Gasteiger partial charge in [0, 0.05) is 24.3 Å². The third-order valence-corrected chi connectivity index (χ3v) is 3.86. The second-order valence-electron chi connectivity index (χ2n) is 5.22. The summed E-state index contributed by atoms with van der Waals surface area (Å²) in [6, 6.07) is -0.0354. The zero-order valence-electron chi connectivity index (χ0n) is 12.5. The maximum atomic E-state index is 6.32. The highest BCUT2D eigenvalue weighted by molar-refractivity contribution is 6.31. The van der Waals surface area contributed by atoms with E-state index < -0.39 is 0 Å². The number of nitrogens with zero attached hydrogens (tertiary/aromatic N) is 4. The largest absolute Gasteiger partial charge is 0.272 e. The molecule has 0 saturated heterocycles. The maximum absolute atomic E-state index is 6.32. The first kappa shape index (κ1) is 15.0. The molecule has 2 aromatic heterocycles. The van der Waals surface area contributed by atoms with Crippen molar-refractivity contribution in [1.82, 2.24) is 25.0 Å². The number of rotatable bonds is 4. The number of hydrogen-bond donors (Lipinski definition) is 2. The third kappa shape index (κ3) is 2.34. The number of nitrogens with two attached hydrogens (primary N) is 1. The van der Waals surface area contributed by atoms with Crippen LogP contribution in [0.4, 0.5) is 0 Å². The van der Waals surface area contributed by atoms with Gasteiger partial charge in [-0.05, 0) is 27.7 Å². The van der Waals surface area contributed by atoms with Crippen molar-refractivity contribution >= 4 is 11.6 Å². The van der Waals surface area contributed by atoms with Crippen molar-refractivity contribution < 1.29 is 0 Å². The smallest absolute Gasteiger partial charge is 0.0929 e. The summed E-state index contributed by atoms with van der Waals surface area (Å²) < 4.78 is 3.73. The molecule has 0 aromatic carbocycles. The first-order valence-corrected chi connectivity index (χ1v) is 6.95. The first-order chi connectivity index (χ1) is 9.38. The lowest BCUT2D eigenvalue weighted by Gasteiger charge is -2.21.